The summed E-state index contributed by atoms with van der Waals surface area (Å²) < 4.78 is 44.0. The quantitative estimate of drug-likeness (QED) is 0.464. The molecule has 0 saturated carbocycles. The zero-order valence-electron chi connectivity index (χ0n) is 10.2. The van der Waals surface area contributed by atoms with Gasteiger partial charge in [0.1, 0.15) is 5.52 Å². The highest BCUT2D eigenvalue weighted by molar-refractivity contribution is 14.1. The second-order valence-corrected chi connectivity index (χ2v) is 5.87. The molecular weight excluding hydrogens is 418 g/mol. The van der Waals surface area contributed by atoms with Gasteiger partial charge in [0, 0.05) is 9.13 Å². The van der Waals surface area contributed by atoms with Gasteiger partial charge >= 0.3 is 6.18 Å². The number of fused-ring (bicyclic) bond motifs is 1. The highest BCUT2D eigenvalue weighted by atomic mass is 127. The molecule has 1 heterocycles. The maximum Gasteiger partial charge on any atom is 0.416 e. The van der Waals surface area contributed by atoms with Crippen molar-refractivity contribution in [3.05, 3.63) is 50.6 Å². The number of hydrogen-bond acceptors (Lipinski definition) is 2. The van der Waals surface area contributed by atoms with Crippen LogP contribution >= 0.6 is 34.2 Å². The van der Waals surface area contributed by atoms with Crippen molar-refractivity contribution in [1.29, 1.82) is 0 Å². The van der Waals surface area contributed by atoms with Crippen LogP contribution in [0.1, 0.15) is 5.56 Å². The third-order valence-corrected chi connectivity index (χ3v) is 4.07. The molecule has 21 heavy (non-hydrogen) atoms. The van der Waals surface area contributed by atoms with Gasteiger partial charge < -0.3 is 4.42 Å². The summed E-state index contributed by atoms with van der Waals surface area (Å²) in [5, 5.41) is 0.413. The zero-order chi connectivity index (χ0) is 15.2. The second-order valence-electron chi connectivity index (χ2n) is 4.30. The molecule has 3 rings (SSSR count). The molecule has 0 fully saturated rings. The molecule has 0 radical (unpaired) electrons. The number of oxazole rings is 1. The Morgan fingerprint density at radius 1 is 1.05 bits per heavy atom. The van der Waals surface area contributed by atoms with Crippen molar-refractivity contribution in [1.82, 2.24) is 4.98 Å². The zero-order valence-corrected chi connectivity index (χ0v) is 13.1. The van der Waals surface area contributed by atoms with Crippen LogP contribution in [0, 0.1) is 3.57 Å². The summed E-state index contributed by atoms with van der Waals surface area (Å²) in [6, 6.07) is 8.13. The summed E-state index contributed by atoms with van der Waals surface area (Å²) in [6.45, 7) is 0. The Morgan fingerprint density at radius 3 is 2.29 bits per heavy atom. The minimum atomic E-state index is -4.36. The molecule has 0 atom stereocenters. The number of benzene rings is 2. The van der Waals surface area contributed by atoms with Gasteiger partial charge in [0.15, 0.2) is 5.58 Å². The van der Waals surface area contributed by atoms with Crippen LogP contribution in [0.4, 0.5) is 13.2 Å². The molecule has 0 aliphatic rings. The fourth-order valence-corrected chi connectivity index (χ4v) is 2.61. The molecule has 7 heteroatoms. The van der Waals surface area contributed by atoms with E-state index in [0.717, 1.165) is 15.7 Å². The fraction of sp³-hybridized carbons (Fsp3) is 0.0714. The smallest absolute Gasteiger partial charge is 0.416 e. The van der Waals surface area contributed by atoms with E-state index in [9.17, 15) is 13.2 Å². The third-order valence-electron chi connectivity index (χ3n) is 2.91. The number of halogens is 5. The van der Waals surface area contributed by atoms with E-state index >= 15 is 0 Å². The Morgan fingerprint density at radius 2 is 1.71 bits per heavy atom. The van der Waals surface area contributed by atoms with Gasteiger partial charge in [-0.1, -0.05) is 11.6 Å². The van der Waals surface area contributed by atoms with Crippen molar-refractivity contribution in [3.63, 3.8) is 0 Å². The first kappa shape index (κ1) is 14.6. The second kappa shape index (κ2) is 5.17. The van der Waals surface area contributed by atoms with Crippen LogP contribution in [0.2, 0.25) is 5.02 Å². The number of hydrogen-bond donors (Lipinski definition) is 0. The first-order chi connectivity index (χ1) is 9.86. The van der Waals surface area contributed by atoms with Crippen molar-refractivity contribution in [2.45, 2.75) is 6.18 Å². The molecule has 3 aromatic rings. The third kappa shape index (κ3) is 2.74. The lowest BCUT2D eigenvalue weighted by atomic mass is 10.1. The van der Waals surface area contributed by atoms with Crippen LogP contribution < -0.4 is 0 Å². The molecule has 0 N–H and O–H groups in total. The Hall–Kier alpha value is -1.28. The van der Waals surface area contributed by atoms with Crippen molar-refractivity contribution in [2.24, 2.45) is 0 Å². The molecular formula is C14H6ClF3INO. The first-order valence-electron chi connectivity index (χ1n) is 5.78. The predicted octanol–water partition coefficient (Wildman–Crippen LogP) is 5.77. The predicted molar refractivity (Wildman–Crippen MR) is 82.2 cm³/mol. The molecule has 1 aromatic heterocycles. The SMILES string of the molecule is FC(F)(F)c1ccc(-c2nc3c(I)ccc(Cl)c3o2)cc1. The van der Waals surface area contributed by atoms with E-state index in [4.69, 9.17) is 16.0 Å². The van der Waals surface area contributed by atoms with Gasteiger partial charge in [0.2, 0.25) is 5.89 Å². The van der Waals surface area contributed by atoms with Crippen LogP contribution in [0.3, 0.4) is 0 Å². The lowest BCUT2D eigenvalue weighted by Gasteiger charge is -2.05. The molecule has 0 amide bonds. The normalized spacial score (nSPS) is 12.0. The van der Waals surface area contributed by atoms with Crippen molar-refractivity contribution >= 4 is 45.3 Å². The minimum absolute atomic E-state index is 0.241. The van der Waals surface area contributed by atoms with Gasteiger partial charge in [-0.05, 0) is 59.0 Å². The van der Waals surface area contributed by atoms with Crippen LogP contribution in [-0.2, 0) is 6.18 Å². The van der Waals surface area contributed by atoms with E-state index in [1.807, 2.05) is 0 Å². The van der Waals surface area contributed by atoms with Gasteiger partial charge in [-0.15, -0.1) is 0 Å². The highest BCUT2D eigenvalue weighted by Gasteiger charge is 2.30. The Labute approximate surface area is 136 Å². The van der Waals surface area contributed by atoms with Gasteiger partial charge in [0.25, 0.3) is 0 Å². The lowest BCUT2D eigenvalue weighted by Crippen LogP contribution is -2.03. The standard InChI is InChI=1S/C14H6ClF3INO/c15-9-5-6-10(19)11-12(9)21-13(20-11)7-1-3-8(4-2-7)14(16,17)18/h1-6H. The molecule has 0 saturated heterocycles. The molecule has 108 valence electrons. The first-order valence-corrected chi connectivity index (χ1v) is 7.24. The maximum absolute atomic E-state index is 12.5. The Kier molecular flexibility index (Phi) is 3.61. The van der Waals surface area contributed by atoms with Crippen molar-refractivity contribution < 1.29 is 17.6 Å². The maximum atomic E-state index is 12.5. The number of nitrogens with zero attached hydrogens (tertiary/aromatic N) is 1. The monoisotopic (exact) mass is 423 g/mol. The van der Waals surface area contributed by atoms with E-state index in [1.54, 1.807) is 12.1 Å². The lowest BCUT2D eigenvalue weighted by molar-refractivity contribution is -0.137. The molecule has 0 aliphatic carbocycles. The van der Waals surface area contributed by atoms with Gasteiger partial charge in [-0.2, -0.15) is 13.2 Å². The van der Waals surface area contributed by atoms with E-state index in [-0.39, 0.29) is 5.89 Å². The van der Waals surface area contributed by atoms with Gasteiger partial charge in [-0.25, -0.2) is 4.98 Å². The Balaban J connectivity index is 2.09. The largest absolute Gasteiger partial charge is 0.434 e. The summed E-state index contributed by atoms with van der Waals surface area (Å²) in [6.07, 6.45) is -4.36. The summed E-state index contributed by atoms with van der Waals surface area (Å²) in [5.74, 6) is 0.241. The number of rotatable bonds is 1. The Bertz CT molecular complexity index is 772. The molecule has 0 aliphatic heterocycles. The van der Waals surface area contributed by atoms with E-state index in [2.05, 4.69) is 27.6 Å². The van der Waals surface area contributed by atoms with Crippen LogP contribution in [0.15, 0.2) is 40.8 Å². The number of aromatic nitrogens is 1. The van der Waals surface area contributed by atoms with Crippen LogP contribution in [0.25, 0.3) is 22.6 Å². The average molecular weight is 424 g/mol. The minimum Gasteiger partial charge on any atom is -0.434 e. The van der Waals surface area contributed by atoms with Crippen molar-refractivity contribution in [3.8, 4) is 11.5 Å². The summed E-state index contributed by atoms with van der Waals surface area (Å²) in [4.78, 5) is 4.30. The van der Waals surface area contributed by atoms with E-state index < -0.39 is 11.7 Å². The van der Waals surface area contributed by atoms with E-state index in [1.165, 1.54) is 12.1 Å². The summed E-state index contributed by atoms with van der Waals surface area (Å²) >= 11 is 8.12. The van der Waals surface area contributed by atoms with Crippen molar-refractivity contribution in [2.75, 3.05) is 0 Å². The molecule has 2 aromatic carbocycles. The summed E-state index contributed by atoms with van der Waals surface area (Å²) in [5.41, 5.74) is 0.775. The average Bonchev–Trinajstić information content (AvgIpc) is 2.89. The molecule has 0 unspecified atom stereocenters. The van der Waals surface area contributed by atoms with E-state index in [0.29, 0.717) is 21.7 Å². The highest BCUT2D eigenvalue weighted by Crippen LogP contribution is 2.34. The van der Waals surface area contributed by atoms with Gasteiger partial charge in [-0.3, -0.25) is 0 Å². The fourth-order valence-electron chi connectivity index (χ4n) is 1.87. The molecule has 2 nitrogen and oxygen atoms in total. The van der Waals surface area contributed by atoms with Crippen LogP contribution in [-0.4, -0.2) is 4.98 Å². The summed E-state index contributed by atoms with van der Waals surface area (Å²) in [7, 11) is 0. The topological polar surface area (TPSA) is 26.0 Å². The molecule has 0 spiro atoms. The number of alkyl halides is 3. The van der Waals surface area contributed by atoms with Crippen LogP contribution in [0.5, 0.6) is 0 Å². The van der Waals surface area contributed by atoms with Gasteiger partial charge in [0.05, 0.1) is 10.6 Å². The molecule has 0 bridgehead atoms.